The van der Waals surface area contributed by atoms with Crippen LogP contribution in [0.15, 0.2) is 42.5 Å². The number of benzene rings is 2. The van der Waals surface area contributed by atoms with Crippen molar-refractivity contribution in [2.45, 2.75) is 45.9 Å². The number of halogens is 1. The van der Waals surface area contributed by atoms with Crippen molar-refractivity contribution in [1.82, 2.24) is 0 Å². The Morgan fingerprint density at radius 1 is 1.00 bits per heavy atom. The van der Waals surface area contributed by atoms with Gasteiger partial charge in [0.25, 0.3) is 0 Å². The summed E-state index contributed by atoms with van der Waals surface area (Å²) in [6.07, 6.45) is 2.01. The summed E-state index contributed by atoms with van der Waals surface area (Å²) in [6, 6.07) is 15.1. The highest BCUT2D eigenvalue weighted by molar-refractivity contribution is 6.20. The van der Waals surface area contributed by atoms with Gasteiger partial charge in [0.1, 0.15) is 0 Å². The molecule has 0 bridgehead atoms. The minimum Gasteiger partial charge on any atom is -0.123 e. The zero-order valence-electron chi connectivity index (χ0n) is 13.0. The quantitative estimate of drug-likeness (QED) is 0.600. The summed E-state index contributed by atoms with van der Waals surface area (Å²) >= 11 is 6.62. The molecule has 0 heterocycles. The van der Waals surface area contributed by atoms with Gasteiger partial charge in [-0.05, 0) is 40.5 Å². The Morgan fingerprint density at radius 3 is 2.35 bits per heavy atom. The summed E-state index contributed by atoms with van der Waals surface area (Å²) in [6.45, 7) is 9.18. The lowest BCUT2D eigenvalue weighted by Gasteiger charge is -2.29. The first-order chi connectivity index (χ1) is 9.38. The van der Waals surface area contributed by atoms with Crippen molar-refractivity contribution in [1.29, 1.82) is 0 Å². The van der Waals surface area contributed by atoms with Crippen LogP contribution in [0, 0.1) is 11.3 Å². The van der Waals surface area contributed by atoms with Crippen LogP contribution < -0.4 is 0 Å². The largest absolute Gasteiger partial charge is 0.123 e. The average molecular weight is 289 g/mol. The van der Waals surface area contributed by atoms with Crippen molar-refractivity contribution in [3.05, 3.63) is 48.0 Å². The Balaban J connectivity index is 2.12. The van der Waals surface area contributed by atoms with Gasteiger partial charge in [-0.25, -0.2) is 0 Å². The van der Waals surface area contributed by atoms with Gasteiger partial charge in [0, 0.05) is 5.38 Å². The van der Waals surface area contributed by atoms with Gasteiger partial charge in [-0.15, -0.1) is 11.6 Å². The van der Waals surface area contributed by atoms with E-state index < -0.39 is 0 Å². The molecule has 2 aromatic rings. The van der Waals surface area contributed by atoms with Crippen LogP contribution in [-0.2, 0) is 6.42 Å². The fourth-order valence-corrected chi connectivity index (χ4v) is 2.96. The van der Waals surface area contributed by atoms with Crippen LogP contribution in [0.5, 0.6) is 0 Å². The highest BCUT2D eigenvalue weighted by Crippen LogP contribution is 2.32. The van der Waals surface area contributed by atoms with Crippen LogP contribution >= 0.6 is 11.6 Å². The van der Waals surface area contributed by atoms with Gasteiger partial charge < -0.3 is 0 Å². The molecule has 2 rings (SSSR count). The SMILES string of the molecule is CC(CC(Cl)Cc1cccc2ccccc12)C(C)(C)C. The van der Waals surface area contributed by atoms with E-state index in [4.69, 9.17) is 11.6 Å². The summed E-state index contributed by atoms with van der Waals surface area (Å²) in [5, 5.41) is 2.84. The summed E-state index contributed by atoms with van der Waals surface area (Å²) in [7, 11) is 0. The lowest BCUT2D eigenvalue weighted by molar-refractivity contribution is 0.244. The van der Waals surface area contributed by atoms with Gasteiger partial charge >= 0.3 is 0 Å². The molecule has 2 unspecified atom stereocenters. The standard InChI is InChI=1S/C19H25Cl/c1-14(19(2,3)4)12-17(20)13-16-10-7-9-15-8-5-6-11-18(15)16/h5-11,14,17H,12-13H2,1-4H3. The molecule has 0 saturated carbocycles. The Kier molecular flexibility index (Phi) is 4.75. The van der Waals surface area contributed by atoms with Gasteiger partial charge in [0.05, 0.1) is 0 Å². The van der Waals surface area contributed by atoms with Crippen molar-refractivity contribution in [2.24, 2.45) is 11.3 Å². The molecular weight excluding hydrogens is 264 g/mol. The van der Waals surface area contributed by atoms with Crippen molar-refractivity contribution in [3.63, 3.8) is 0 Å². The molecule has 0 fully saturated rings. The van der Waals surface area contributed by atoms with Crippen LogP contribution in [-0.4, -0.2) is 5.38 Å². The van der Waals surface area contributed by atoms with Crippen molar-refractivity contribution in [3.8, 4) is 0 Å². The predicted octanol–water partition coefficient (Wildman–Crippen LogP) is 6.06. The highest BCUT2D eigenvalue weighted by atomic mass is 35.5. The average Bonchev–Trinajstić information content (AvgIpc) is 2.38. The first kappa shape index (κ1) is 15.4. The van der Waals surface area contributed by atoms with E-state index in [-0.39, 0.29) is 5.38 Å². The summed E-state index contributed by atoms with van der Waals surface area (Å²) in [5.74, 6) is 0.625. The second-order valence-electron chi connectivity index (χ2n) is 6.94. The van der Waals surface area contributed by atoms with Crippen LogP contribution in [0.25, 0.3) is 10.8 Å². The van der Waals surface area contributed by atoms with Crippen molar-refractivity contribution >= 4 is 22.4 Å². The Bertz CT molecular complexity index is 560. The third-order valence-electron chi connectivity index (χ3n) is 4.41. The first-order valence-corrected chi connectivity index (χ1v) is 7.92. The molecule has 2 atom stereocenters. The molecule has 0 saturated heterocycles. The van der Waals surface area contributed by atoms with E-state index in [2.05, 4.69) is 70.2 Å². The molecule has 0 amide bonds. The molecule has 0 nitrogen and oxygen atoms in total. The van der Waals surface area contributed by atoms with Crippen molar-refractivity contribution in [2.75, 3.05) is 0 Å². The predicted molar refractivity (Wildman–Crippen MR) is 90.5 cm³/mol. The number of alkyl halides is 1. The van der Waals surface area contributed by atoms with Gasteiger partial charge in [-0.3, -0.25) is 0 Å². The fourth-order valence-electron chi connectivity index (χ4n) is 2.53. The molecule has 0 aliphatic heterocycles. The van der Waals surface area contributed by atoms with E-state index in [0.717, 1.165) is 12.8 Å². The third-order valence-corrected chi connectivity index (χ3v) is 4.74. The zero-order chi connectivity index (χ0) is 14.8. The van der Waals surface area contributed by atoms with Crippen LogP contribution in [0.3, 0.4) is 0 Å². The first-order valence-electron chi connectivity index (χ1n) is 7.48. The van der Waals surface area contributed by atoms with Gasteiger partial charge in [0.2, 0.25) is 0 Å². The maximum Gasteiger partial charge on any atom is 0.0379 e. The third kappa shape index (κ3) is 3.76. The molecule has 20 heavy (non-hydrogen) atoms. The molecule has 2 aromatic carbocycles. The van der Waals surface area contributed by atoms with E-state index in [1.54, 1.807) is 0 Å². The molecule has 0 radical (unpaired) electrons. The zero-order valence-corrected chi connectivity index (χ0v) is 13.7. The topological polar surface area (TPSA) is 0 Å². The lowest BCUT2D eigenvalue weighted by Crippen LogP contribution is -2.21. The number of hydrogen-bond acceptors (Lipinski definition) is 0. The van der Waals surface area contributed by atoms with Crippen LogP contribution in [0.2, 0.25) is 0 Å². The minimum absolute atomic E-state index is 0.204. The molecule has 1 heteroatoms. The summed E-state index contributed by atoms with van der Waals surface area (Å²) in [5.41, 5.74) is 1.69. The molecule has 0 spiro atoms. The molecule has 0 aliphatic rings. The number of fused-ring (bicyclic) bond motifs is 1. The smallest absolute Gasteiger partial charge is 0.0379 e. The fraction of sp³-hybridized carbons (Fsp3) is 0.474. The van der Waals surface area contributed by atoms with Crippen molar-refractivity contribution < 1.29 is 0 Å². The monoisotopic (exact) mass is 288 g/mol. The molecular formula is C19H25Cl. The minimum atomic E-state index is 0.204. The van der Waals surface area contributed by atoms with Crippen LogP contribution in [0.4, 0.5) is 0 Å². The maximum atomic E-state index is 6.62. The Hall–Kier alpha value is -1.01. The van der Waals surface area contributed by atoms with E-state index in [1.165, 1.54) is 16.3 Å². The maximum absolute atomic E-state index is 6.62. The Morgan fingerprint density at radius 2 is 1.65 bits per heavy atom. The molecule has 0 N–H and O–H groups in total. The van der Waals surface area contributed by atoms with E-state index >= 15 is 0 Å². The van der Waals surface area contributed by atoms with Crippen LogP contribution in [0.1, 0.15) is 39.7 Å². The van der Waals surface area contributed by atoms with E-state index in [9.17, 15) is 0 Å². The molecule has 108 valence electrons. The summed E-state index contributed by atoms with van der Waals surface area (Å²) < 4.78 is 0. The molecule has 0 aliphatic carbocycles. The van der Waals surface area contributed by atoms with E-state index in [0.29, 0.717) is 11.3 Å². The lowest BCUT2D eigenvalue weighted by atomic mass is 9.79. The van der Waals surface area contributed by atoms with Gasteiger partial charge in [-0.1, -0.05) is 70.2 Å². The van der Waals surface area contributed by atoms with Gasteiger partial charge in [0.15, 0.2) is 0 Å². The summed E-state index contributed by atoms with van der Waals surface area (Å²) in [4.78, 5) is 0. The second-order valence-corrected chi connectivity index (χ2v) is 7.56. The van der Waals surface area contributed by atoms with Gasteiger partial charge in [-0.2, -0.15) is 0 Å². The molecule has 0 aromatic heterocycles. The highest BCUT2D eigenvalue weighted by Gasteiger charge is 2.23. The number of hydrogen-bond donors (Lipinski definition) is 0. The normalized spacial score (nSPS) is 15.2. The Labute approximate surface area is 128 Å². The number of rotatable bonds is 4. The van der Waals surface area contributed by atoms with E-state index in [1.807, 2.05) is 0 Å². The second kappa shape index (κ2) is 6.18.